The maximum absolute atomic E-state index is 12.1. The van der Waals surface area contributed by atoms with Gasteiger partial charge in [-0.1, -0.05) is 37.3 Å². The van der Waals surface area contributed by atoms with Gasteiger partial charge in [0.25, 0.3) is 0 Å². The highest BCUT2D eigenvalue weighted by atomic mass is 16.5. The van der Waals surface area contributed by atoms with Gasteiger partial charge in [0, 0.05) is 6.61 Å². The van der Waals surface area contributed by atoms with E-state index < -0.39 is 0 Å². The molecule has 0 aromatic heterocycles. The lowest BCUT2D eigenvalue weighted by Crippen LogP contribution is -2.40. The molecule has 4 heteroatoms. The van der Waals surface area contributed by atoms with Crippen molar-refractivity contribution in [2.45, 2.75) is 25.5 Å². The monoisotopic (exact) mass is 249 g/mol. The summed E-state index contributed by atoms with van der Waals surface area (Å²) in [5, 5.41) is 12.2. The Kier molecular flexibility index (Phi) is 4.33. The van der Waals surface area contributed by atoms with Crippen molar-refractivity contribution in [3.63, 3.8) is 0 Å². The number of nitrogens with one attached hydrogen (secondary N) is 1. The molecule has 1 aliphatic heterocycles. The third kappa shape index (κ3) is 2.89. The SMILES string of the molecule is CC1CCOC1C(=O)N[C@H](CO)c1ccccc1. The zero-order valence-corrected chi connectivity index (χ0v) is 10.5. The highest BCUT2D eigenvalue weighted by Crippen LogP contribution is 2.21. The molecule has 2 rings (SSSR count). The van der Waals surface area contributed by atoms with Crippen molar-refractivity contribution >= 4 is 5.91 Å². The van der Waals surface area contributed by atoms with Gasteiger partial charge in [-0.15, -0.1) is 0 Å². The molecule has 98 valence electrons. The summed E-state index contributed by atoms with van der Waals surface area (Å²) in [7, 11) is 0. The Morgan fingerprint density at radius 2 is 2.22 bits per heavy atom. The Morgan fingerprint density at radius 1 is 1.50 bits per heavy atom. The second kappa shape index (κ2) is 5.98. The predicted octanol–water partition coefficient (Wildman–Crippen LogP) is 1.26. The first kappa shape index (κ1) is 13.1. The predicted molar refractivity (Wildman–Crippen MR) is 67.9 cm³/mol. The third-order valence-electron chi connectivity index (χ3n) is 3.35. The van der Waals surface area contributed by atoms with Crippen molar-refractivity contribution in [2.24, 2.45) is 5.92 Å². The Hall–Kier alpha value is -1.39. The Labute approximate surface area is 107 Å². The van der Waals surface area contributed by atoms with E-state index >= 15 is 0 Å². The van der Waals surface area contributed by atoms with Crippen LogP contribution in [0.4, 0.5) is 0 Å². The Balaban J connectivity index is 2.00. The minimum absolute atomic E-state index is 0.114. The fourth-order valence-corrected chi connectivity index (χ4v) is 2.20. The third-order valence-corrected chi connectivity index (χ3v) is 3.35. The maximum Gasteiger partial charge on any atom is 0.249 e. The van der Waals surface area contributed by atoms with E-state index in [9.17, 15) is 9.90 Å². The lowest BCUT2D eigenvalue weighted by Gasteiger charge is -2.20. The van der Waals surface area contributed by atoms with E-state index in [4.69, 9.17) is 4.74 Å². The van der Waals surface area contributed by atoms with Crippen molar-refractivity contribution in [3.8, 4) is 0 Å². The normalized spacial score (nSPS) is 24.8. The molecule has 0 saturated carbocycles. The number of benzene rings is 1. The fraction of sp³-hybridized carbons (Fsp3) is 0.500. The molecule has 1 aliphatic rings. The summed E-state index contributed by atoms with van der Waals surface area (Å²) in [5.74, 6) is 0.100. The molecule has 1 aromatic rings. The molecule has 1 fully saturated rings. The number of aliphatic hydroxyl groups excluding tert-OH is 1. The summed E-state index contributed by atoms with van der Waals surface area (Å²) >= 11 is 0. The molecular weight excluding hydrogens is 230 g/mol. The number of ether oxygens (including phenoxy) is 1. The van der Waals surface area contributed by atoms with Crippen molar-refractivity contribution < 1.29 is 14.6 Å². The van der Waals surface area contributed by atoms with Gasteiger partial charge in [-0.3, -0.25) is 4.79 Å². The quantitative estimate of drug-likeness (QED) is 0.844. The summed E-state index contributed by atoms with van der Waals surface area (Å²) in [5.41, 5.74) is 0.902. The molecule has 0 bridgehead atoms. The van der Waals surface area contributed by atoms with Crippen LogP contribution in [-0.4, -0.2) is 30.3 Å². The number of rotatable bonds is 4. The molecule has 0 aliphatic carbocycles. The van der Waals surface area contributed by atoms with Crippen LogP contribution < -0.4 is 5.32 Å². The second-order valence-corrected chi connectivity index (χ2v) is 4.71. The van der Waals surface area contributed by atoms with E-state index in [0.29, 0.717) is 6.61 Å². The van der Waals surface area contributed by atoms with Gasteiger partial charge >= 0.3 is 0 Å². The van der Waals surface area contributed by atoms with E-state index in [1.54, 1.807) is 0 Å². The fourth-order valence-electron chi connectivity index (χ4n) is 2.20. The topological polar surface area (TPSA) is 58.6 Å². The molecule has 2 unspecified atom stereocenters. The first-order valence-electron chi connectivity index (χ1n) is 6.30. The van der Waals surface area contributed by atoms with Gasteiger partial charge in [0.2, 0.25) is 5.91 Å². The Bertz CT molecular complexity index is 393. The number of hydrogen-bond acceptors (Lipinski definition) is 3. The molecule has 1 amide bonds. The maximum atomic E-state index is 12.1. The van der Waals surface area contributed by atoms with Crippen LogP contribution in [0.5, 0.6) is 0 Å². The molecule has 1 heterocycles. The van der Waals surface area contributed by atoms with Crippen LogP contribution in [0, 0.1) is 5.92 Å². The lowest BCUT2D eigenvalue weighted by molar-refractivity contribution is -0.132. The van der Waals surface area contributed by atoms with Gasteiger partial charge in [-0.25, -0.2) is 0 Å². The minimum Gasteiger partial charge on any atom is -0.394 e. The van der Waals surface area contributed by atoms with Crippen molar-refractivity contribution in [1.82, 2.24) is 5.32 Å². The average molecular weight is 249 g/mol. The van der Waals surface area contributed by atoms with E-state index in [2.05, 4.69) is 5.32 Å². The zero-order valence-electron chi connectivity index (χ0n) is 10.5. The molecule has 1 aromatic carbocycles. The molecule has 0 radical (unpaired) electrons. The standard InChI is InChI=1S/C14H19NO3/c1-10-7-8-18-13(10)14(17)15-12(9-16)11-5-3-2-4-6-11/h2-6,10,12-13,16H,7-9H2,1H3,(H,15,17)/t10?,12-,13?/m1/s1. The summed E-state index contributed by atoms with van der Waals surface area (Å²) in [6.07, 6.45) is 0.524. The van der Waals surface area contributed by atoms with Crippen LogP contribution in [0.1, 0.15) is 24.9 Å². The highest BCUT2D eigenvalue weighted by Gasteiger charge is 2.31. The molecule has 0 spiro atoms. The van der Waals surface area contributed by atoms with Gasteiger partial charge < -0.3 is 15.2 Å². The number of aliphatic hydroxyl groups is 1. The molecular formula is C14H19NO3. The van der Waals surface area contributed by atoms with Crippen molar-refractivity contribution in [3.05, 3.63) is 35.9 Å². The summed E-state index contributed by atoms with van der Waals surface area (Å²) in [6.45, 7) is 2.53. The lowest BCUT2D eigenvalue weighted by atomic mass is 10.0. The van der Waals surface area contributed by atoms with Crippen molar-refractivity contribution in [1.29, 1.82) is 0 Å². The number of amides is 1. The van der Waals surface area contributed by atoms with E-state index in [0.717, 1.165) is 12.0 Å². The number of hydrogen-bond donors (Lipinski definition) is 2. The van der Waals surface area contributed by atoms with Crippen molar-refractivity contribution in [2.75, 3.05) is 13.2 Å². The average Bonchev–Trinajstić information content (AvgIpc) is 2.83. The Morgan fingerprint density at radius 3 is 2.78 bits per heavy atom. The molecule has 4 nitrogen and oxygen atoms in total. The number of carbonyl (C=O) groups is 1. The second-order valence-electron chi connectivity index (χ2n) is 4.71. The molecule has 3 atom stereocenters. The van der Waals surface area contributed by atoms with E-state index in [1.807, 2.05) is 37.3 Å². The summed E-state index contributed by atoms with van der Waals surface area (Å²) in [4.78, 5) is 12.1. The number of carbonyl (C=O) groups excluding carboxylic acids is 1. The highest BCUT2D eigenvalue weighted by molar-refractivity contribution is 5.81. The first-order chi connectivity index (χ1) is 8.72. The van der Waals surface area contributed by atoms with Gasteiger partial charge in [-0.2, -0.15) is 0 Å². The zero-order chi connectivity index (χ0) is 13.0. The minimum atomic E-state index is -0.386. The van der Waals surface area contributed by atoms with Gasteiger partial charge in [0.15, 0.2) is 0 Å². The van der Waals surface area contributed by atoms with E-state index in [1.165, 1.54) is 0 Å². The largest absolute Gasteiger partial charge is 0.394 e. The van der Waals surface area contributed by atoms with Crippen LogP contribution >= 0.6 is 0 Å². The molecule has 1 saturated heterocycles. The molecule has 2 N–H and O–H groups in total. The van der Waals surface area contributed by atoms with Crippen LogP contribution in [0.2, 0.25) is 0 Å². The van der Waals surface area contributed by atoms with Gasteiger partial charge in [-0.05, 0) is 17.9 Å². The molecule has 18 heavy (non-hydrogen) atoms. The summed E-state index contributed by atoms with van der Waals surface area (Å²) < 4.78 is 5.41. The van der Waals surface area contributed by atoms with Gasteiger partial charge in [0.1, 0.15) is 6.10 Å². The first-order valence-corrected chi connectivity index (χ1v) is 6.30. The van der Waals surface area contributed by atoms with Crippen LogP contribution in [0.15, 0.2) is 30.3 Å². The summed E-state index contributed by atoms with van der Waals surface area (Å²) in [6, 6.07) is 9.09. The van der Waals surface area contributed by atoms with E-state index in [-0.39, 0.29) is 30.6 Å². The van der Waals surface area contributed by atoms with Crippen LogP contribution in [0.3, 0.4) is 0 Å². The smallest absolute Gasteiger partial charge is 0.249 e. The van der Waals surface area contributed by atoms with Crippen LogP contribution in [-0.2, 0) is 9.53 Å². The van der Waals surface area contributed by atoms with Crippen LogP contribution in [0.25, 0.3) is 0 Å². The van der Waals surface area contributed by atoms with Gasteiger partial charge in [0.05, 0.1) is 12.6 Å².